The van der Waals surface area contributed by atoms with Crippen molar-refractivity contribution in [3.63, 3.8) is 0 Å². The molecule has 46 valence electrons. The van der Waals surface area contributed by atoms with Gasteiger partial charge in [0.25, 0.3) is 0 Å². The normalized spacial score (nSPS) is 15.9. The molecule has 1 heteroatoms. The van der Waals surface area contributed by atoms with E-state index >= 15 is 0 Å². The van der Waals surface area contributed by atoms with Crippen molar-refractivity contribution in [1.29, 1.82) is 0 Å². The van der Waals surface area contributed by atoms with E-state index in [-0.39, 0.29) is 0 Å². The summed E-state index contributed by atoms with van der Waals surface area (Å²) < 4.78 is 0. The van der Waals surface area contributed by atoms with Crippen LogP contribution in [0.3, 0.4) is 0 Å². The van der Waals surface area contributed by atoms with Crippen LogP contribution in [-0.2, 0) is 0 Å². The topological polar surface area (TPSA) is 0 Å². The van der Waals surface area contributed by atoms with E-state index in [1.807, 2.05) is 25.2 Å². The molecule has 0 N–H and O–H groups in total. The van der Waals surface area contributed by atoms with Crippen LogP contribution >= 0.6 is 15.9 Å². The summed E-state index contributed by atoms with van der Waals surface area (Å²) in [6.07, 6.45) is 8.13. The largest absolute Gasteiger partial charge is 0.0877 e. The number of hydrogen-bond acceptors (Lipinski definition) is 0. The van der Waals surface area contributed by atoms with Crippen molar-refractivity contribution in [2.75, 3.05) is 0 Å². The zero-order valence-electron chi connectivity index (χ0n) is 5.26. The van der Waals surface area contributed by atoms with Gasteiger partial charge in [-0.25, -0.2) is 0 Å². The molecule has 0 aromatic carbocycles. The van der Waals surface area contributed by atoms with Crippen LogP contribution in [0.1, 0.15) is 13.8 Å². The SMILES string of the molecule is C/C=C\C=C/C(C)Br. The van der Waals surface area contributed by atoms with Gasteiger partial charge in [0, 0.05) is 4.83 Å². The second-order valence-corrected chi connectivity index (χ2v) is 3.03. The van der Waals surface area contributed by atoms with Crippen molar-refractivity contribution in [1.82, 2.24) is 0 Å². The van der Waals surface area contributed by atoms with Crippen LogP contribution in [0.5, 0.6) is 0 Å². The molecule has 8 heavy (non-hydrogen) atoms. The maximum Gasteiger partial charge on any atom is 0.0300 e. The molecule has 0 nitrogen and oxygen atoms in total. The molecule has 0 aliphatic rings. The van der Waals surface area contributed by atoms with E-state index in [2.05, 4.69) is 28.9 Å². The first-order valence-corrected chi connectivity index (χ1v) is 3.62. The first-order valence-electron chi connectivity index (χ1n) is 2.71. The van der Waals surface area contributed by atoms with Crippen LogP contribution in [0.25, 0.3) is 0 Å². The molecule has 1 unspecified atom stereocenters. The predicted octanol–water partition coefficient (Wildman–Crippen LogP) is 2.90. The van der Waals surface area contributed by atoms with E-state index < -0.39 is 0 Å². The molecular formula is C7H11Br. The number of halogens is 1. The highest BCUT2D eigenvalue weighted by Gasteiger charge is 1.80. The smallest absolute Gasteiger partial charge is 0.0300 e. The third-order valence-corrected chi connectivity index (χ3v) is 0.985. The molecule has 0 rings (SSSR count). The average Bonchev–Trinajstić information content (AvgIpc) is 1.66. The van der Waals surface area contributed by atoms with Crippen molar-refractivity contribution in [3.05, 3.63) is 24.3 Å². The Labute approximate surface area is 59.4 Å². The Morgan fingerprint density at radius 1 is 1.38 bits per heavy atom. The van der Waals surface area contributed by atoms with E-state index in [1.165, 1.54) is 0 Å². The Kier molecular flexibility index (Phi) is 5.08. The van der Waals surface area contributed by atoms with Gasteiger partial charge >= 0.3 is 0 Å². The lowest BCUT2D eigenvalue weighted by Gasteiger charge is -1.85. The average molecular weight is 175 g/mol. The molecule has 0 fully saturated rings. The van der Waals surface area contributed by atoms with Crippen molar-refractivity contribution in [2.24, 2.45) is 0 Å². The molecule has 0 saturated carbocycles. The van der Waals surface area contributed by atoms with Crippen LogP contribution in [0, 0.1) is 0 Å². The molecule has 0 saturated heterocycles. The summed E-state index contributed by atoms with van der Waals surface area (Å²) in [7, 11) is 0. The Morgan fingerprint density at radius 2 is 2.00 bits per heavy atom. The first-order chi connectivity index (χ1) is 3.77. The van der Waals surface area contributed by atoms with Gasteiger partial charge in [-0.05, 0) is 13.8 Å². The van der Waals surface area contributed by atoms with Gasteiger partial charge in [-0.1, -0.05) is 40.2 Å². The highest BCUT2D eigenvalue weighted by atomic mass is 79.9. The van der Waals surface area contributed by atoms with E-state index in [0.29, 0.717) is 4.83 Å². The van der Waals surface area contributed by atoms with Gasteiger partial charge in [-0.15, -0.1) is 0 Å². The fourth-order valence-corrected chi connectivity index (χ4v) is 0.505. The number of alkyl halides is 1. The van der Waals surface area contributed by atoms with E-state index in [4.69, 9.17) is 0 Å². The van der Waals surface area contributed by atoms with Crippen molar-refractivity contribution in [2.45, 2.75) is 18.7 Å². The molecule has 0 radical (unpaired) electrons. The molecule has 0 aromatic rings. The summed E-state index contributed by atoms with van der Waals surface area (Å²) in [5, 5.41) is 0. The maximum atomic E-state index is 3.38. The third kappa shape index (κ3) is 5.96. The fourth-order valence-electron chi connectivity index (χ4n) is 0.328. The van der Waals surface area contributed by atoms with E-state index in [9.17, 15) is 0 Å². The Morgan fingerprint density at radius 3 is 2.38 bits per heavy atom. The predicted molar refractivity (Wildman–Crippen MR) is 42.3 cm³/mol. The molecule has 0 spiro atoms. The van der Waals surface area contributed by atoms with Gasteiger partial charge in [0.05, 0.1) is 0 Å². The van der Waals surface area contributed by atoms with E-state index in [1.54, 1.807) is 0 Å². The molecule has 0 amide bonds. The summed E-state index contributed by atoms with van der Waals surface area (Å²) in [5.41, 5.74) is 0. The molecule has 0 aliphatic heterocycles. The van der Waals surface area contributed by atoms with Gasteiger partial charge in [0.1, 0.15) is 0 Å². The van der Waals surface area contributed by atoms with E-state index in [0.717, 1.165) is 0 Å². The highest BCUT2D eigenvalue weighted by Crippen LogP contribution is 1.97. The van der Waals surface area contributed by atoms with Gasteiger partial charge < -0.3 is 0 Å². The van der Waals surface area contributed by atoms with Gasteiger partial charge in [-0.2, -0.15) is 0 Å². The zero-order chi connectivity index (χ0) is 6.41. The summed E-state index contributed by atoms with van der Waals surface area (Å²) >= 11 is 3.38. The molecule has 0 aromatic heterocycles. The lowest BCUT2D eigenvalue weighted by molar-refractivity contribution is 1.27. The first kappa shape index (κ1) is 7.96. The minimum absolute atomic E-state index is 0.485. The summed E-state index contributed by atoms with van der Waals surface area (Å²) in [6.45, 7) is 4.09. The minimum atomic E-state index is 0.485. The quantitative estimate of drug-likeness (QED) is 0.447. The molecular weight excluding hydrogens is 164 g/mol. The Balaban J connectivity index is 3.34. The summed E-state index contributed by atoms with van der Waals surface area (Å²) in [6, 6.07) is 0. The lowest BCUT2D eigenvalue weighted by Crippen LogP contribution is -1.76. The number of hydrogen-bond donors (Lipinski definition) is 0. The monoisotopic (exact) mass is 174 g/mol. The molecule has 0 bridgehead atoms. The van der Waals surface area contributed by atoms with Crippen LogP contribution in [-0.4, -0.2) is 4.83 Å². The molecule has 0 heterocycles. The van der Waals surface area contributed by atoms with Crippen molar-refractivity contribution < 1.29 is 0 Å². The maximum absolute atomic E-state index is 3.38. The van der Waals surface area contributed by atoms with Crippen molar-refractivity contribution in [3.8, 4) is 0 Å². The third-order valence-electron chi connectivity index (χ3n) is 0.680. The second kappa shape index (κ2) is 5.10. The second-order valence-electron chi connectivity index (χ2n) is 1.59. The lowest BCUT2D eigenvalue weighted by atomic mass is 10.4. The fraction of sp³-hybridized carbons (Fsp3) is 0.429. The summed E-state index contributed by atoms with van der Waals surface area (Å²) in [4.78, 5) is 0.485. The van der Waals surface area contributed by atoms with Crippen LogP contribution < -0.4 is 0 Å². The van der Waals surface area contributed by atoms with Gasteiger partial charge in [0.15, 0.2) is 0 Å². The van der Waals surface area contributed by atoms with Crippen LogP contribution in [0.4, 0.5) is 0 Å². The van der Waals surface area contributed by atoms with Gasteiger partial charge in [0.2, 0.25) is 0 Å². The Hall–Kier alpha value is -0.0400. The molecule has 0 aliphatic carbocycles. The van der Waals surface area contributed by atoms with Crippen LogP contribution in [0.2, 0.25) is 0 Å². The number of rotatable bonds is 2. The standard InChI is InChI=1S/C7H11Br/c1-3-4-5-6-7(2)8/h3-7H,1-2H3/b4-3-,6-5-. The highest BCUT2D eigenvalue weighted by molar-refractivity contribution is 9.09. The summed E-state index contributed by atoms with van der Waals surface area (Å²) in [5.74, 6) is 0. The van der Waals surface area contributed by atoms with Crippen molar-refractivity contribution >= 4 is 15.9 Å². The molecule has 1 atom stereocenters. The zero-order valence-corrected chi connectivity index (χ0v) is 6.85. The minimum Gasteiger partial charge on any atom is -0.0877 e. The van der Waals surface area contributed by atoms with Crippen LogP contribution in [0.15, 0.2) is 24.3 Å². The Bertz CT molecular complexity index is 90.6. The number of allylic oxidation sites excluding steroid dienone is 4. The van der Waals surface area contributed by atoms with Gasteiger partial charge in [-0.3, -0.25) is 0 Å².